The van der Waals surface area contributed by atoms with Gasteiger partial charge in [-0.25, -0.2) is 0 Å². The molecule has 0 amide bonds. The standard InChI is InChI=1S/C11H14N2O/c1-8-2-9(5-12-4-8)10-3-11(14)7-13-6-10/h2-5,11,13-14H,6-7H2,1H3. The maximum absolute atomic E-state index is 9.45. The third kappa shape index (κ3) is 2.00. The third-order valence-corrected chi connectivity index (χ3v) is 2.31. The largest absolute Gasteiger partial charge is 0.388 e. The van der Waals surface area contributed by atoms with Crippen LogP contribution in [0.2, 0.25) is 0 Å². The quantitative estimate of drug-likeness (QED) is 0.686. The minimum atomic E-state index is -0.376. The second kappa shape index (κ2) is 3.90. The van der Waals surface area contributed by atoms with Crippen LogP contribution < -0.4 is 5.32 Å². The van der Waals surface area contributed by atoms with E-state index in [1.54, 1.807) is 0 Å². The highest BCUT2D eigenvalue weighted by Crippen LogP contribution is 2.16. The Morgan fingerprint density at radius 2 is 2.36 bits per heavy atom. The first-order valence-electron chi connectivity index (χ1n) is 4.77. The first-order valence-corrected chi connectivity index (χ1v) is 4.77. The molecule has 0 aromatic carbocycles. The van der Waals surface area contributed by atoms with Crippen LogP contribution in [0.15, 0.2) is 24.5 Å². The van der Waals surface area contributed by atoms with Crippen molar-refractivity contribution >= 4 is 5.57 Å². The number of aromatic nitrogens is 1. The second-order valence-electron chi connectivity index (χ2n) is 3.64. The second-order valence-corrected chi connectivity index (χ2v) is 3.64. The lowest BCUT2D eigenvalue weighted by molar-refractivity contribution is 0.217. The number of rotatable bonds is 1. The monoisotopic (exact) mass is 190 g/mol. The fourth-order valence-corrected chi connectivity index (χ4v) is 1.63. The summed E-state index contributed by atoms with van der Waals surface area (Å²) >= 11 is 0. The molecule has 2 heterocycles. The molecule has 3 heteroatoms. The van der Waals surface area contributed by atoms with Crippen molar-refractivity contribution in [1.82, 2.24) is 10.3 Å². The minimum absolute atomic E-state index is 0.376. The predicted octanol–water partition coefficient (Wildman–Crippen LogP) is 0.738. The summed E-state index contributed by atoms with van der Waals surface area (Å²) in [5, 5.41) is 12.6. The zero-order valence-electron chi connectivity index (χ0n) is 8.20. The van der Waals surface area contributed by atoms with Gasteiger partial charge in [-0.2, -0.15) is 0 Å². The van der Waals surface area contributed by atoms with Crippen molar-refractivity contribution in [2.45, 2.75) is 13.0 Å². The maximum atomic E-state index is 9.45. The van der Waals surface area contributed by atoms with Crippen molar-refractivity contribution in [2.75, 3.05) is 13.1 Å². The lowest BCUT2D eigenvalue weighted by Crippen LogP contribution is -2.31. The Bertz CT molecular complexity index is 360. The van der Waals surface area contributed by atoms with E-state index in [2.05, 4.69) is 16.4 Å². The summed E-state index contributed by atoms with van der Waals surface area (Å²) in [6, 6.07) is 2.08. The number of nitrogens with zero attached hydrogens (tertiary/aromatic N) is 1. The van der Waals surface area contributed by atoms with Gasteiger partial charge < -0.3 is 10.4 Å². The van der Waals surface area contributed by atoms with Crippen LogP contribution in [0.3, 0.4) is 0 Å². The number of aliphatic hydroxyl groups is 1. The molecular formula is C11H14N2O. The predicted molar refractivity (Wildman–Crippen MR) is 55.8 cm³/mol. The van der Waals surface area contributed by atoms with Gasteiger partial charge in [-0.15, -0.1) is 0 Å². The van der Waals surface area contributed by atoms with Gasteiger partial charge in [0.25, 0.3) is 0 Å². The highest BCUT2D eigenvalue weighted by atomic mass is 16.3. The summed E-state index contributed by atoms with van der Waals surface area (Å²) in [5.41, 5.74) is 3.36. The number of pyridine rings is 1. The number of nitrogens with one attached hydrogen (secondary N) is 1. The van der Waals surface area contributed by atoms with Gasteiger partial charge in [0, 0.05) is 25.5 Å². The van der Waals surface area contributed by atoms with Gasteiger partial charge >= 0.3 is 0 Å². The Labute approximate surface area is 83.5 Å². The van der Waals surface area contributed by atoms with Gasteiger partial charge in [0.1, 0.15) is 0 Å². The topological polar surface area (TPSA) is 45.2 Å². The van der Waals surface area contributed by atoms with Crippen LogP contribution in [-0.2, 0) is 0 Å². The molecule has 1 aliphatic heterocycles. The van der Waals surface area contributed by atoms with Crippen molar-refractivity contribution in [3.8, 4) is 0 Å². The molecule has 0 saturated carbocycles. The number of hydrogen-bond acceptors (Lipinski definition) is 3. The molecule has 0 fully saturated rings. The molecule has 0 bridgehead atoms. The van der Waals surface area contributed by atoms with Gasteiger partial charge in [0.05, 0.1) is 6.10 Å². The van der Waals surface area contributed by atoms with Gasteiger partial charge in [-0.3, -0.25) is 4.98 Å². The fourth-order valence-electron chi connectivity index (χ4n) is 1.63. The van der Waals surface area contributed by atoms with Crippen molar-refractivity contribution in [2.24, 2.45) is 0 Å². The lowest BCUT2D eigenvalue weighted by atomic mass is 10.0. The summed E-state index contributed by atoms with van der Waals surface area (Å²) < 4.78 is 0. The molecule has 2 rings (SSSR count). The highest BCUT2D eigenvalue weighted by molar-refractivity contribution is 5.67. The van der Waals surface area contributed by atoms with Gasteiger partial charge in [-0.05, 0) is 35.8 Å². The summed E-state index contributed by atoms with van der Waals surface area (Å²) in [4.78, 5) is 4.13. The summed E-state index contributed by atoms with van der Waals surface area (Å²) in [6.45, 7) is 3.47. The van der Waals surface area contributed by atoms with Crippen LogP contribution in [-0.4, -0.2) is 29.3 Å². The Morgan fingerprint density at radius 3 is 3.07 bits per heavy atom. The normalized spacial score (nSPS) is 21.9. The Hall–Kier alpha value is -1.19. The molecule has 1 unspecified atom stereocenters. The molecule has 1 aromatic heterocycles. The number of hydrogen-bond donors (Lipinski definition) is 2. The Morgan fingerprint density at radius 1 is 1.50 bits per heavy atom. The van der Waals surface area contributed by atoms with E-state index in [0.29, 0.717) is 6.54 Å². The zero-order valence-corrected chi connectivity index (χ0v) is 8.20. The lowest BCUT2D eigenvalue weighted by Gasteiger charge is -2.18. The number of β-amino-alcohol motifs (C(OH)–C–C–N with tert-alkyl or cyclic N) is 1. The van der Waals surface area contributed by atoms with E-state index in [0.717, 1.165) is 23.2 Å². The third-order valence-electron chi connectivity index (χ3n) is 2.31. The average molecular weight is 190 g/mol. The Kier molecular flexibility index (Phi) is 2.61. The Balaban J connectivity index is 2.30. The van der Waals surface area contributed by atoms with E-state index in [-0.39, 0.29) is 6.10 Å². The van der Waals surface area contributed by atoms with Crippen LogP contribution in [0.4, 0.5) is 0 Å². The molecule has 1 atom stereocenters. The SMILES string of the molecule is Cc1cncc(C2=CC(O)CNC2)c1. The van der Waals surface area contributed by atoms with Crippen LogP contribution in [0.25, 0.3) is 5.57 Å². The molecular weight excluding hydrogens is 176 g/mol. The molecule has 1 aromatic rings. The van der Waals surface area contributed by atoms with E-state index in [1.807, 2.05) is 25.4 Å². The molecule has 2 N–H and O–H groups in total. The molecule has 0 saturated heterocycles. The molecule has 14 heavy (non-hydrogen) atoms. The van der Waals surface area contributed by atoms with E-state index in [4.69, 9.17) is 0 Å². The van der Waals surface area contributed by atoms with Crippen molar-refractivity contribution in [3.05, 3.63) is 35.7 Å². The first-order chi connectivity index (χ1) is 6.75. The van der Waals surface area contributed by atoms with Gasteiger partial charge in [0.2, 0.25) is 0 Å². The summed E-state index contributed by atoms with van der Waals surface area (Å²) in [5.74, 6) is 0. The van der Waals surface area contributed by atoms with E-state index in [9.17, 15) is 5.11 Å². The summed E-state index contributed by atoms with van der Waals surface area (Å²) in [7, 11) is 0. The van der Waals surface area contributed by atoms with Gasteiger partial charge in [0.15, 0.2) is 0 Å². The van der Waals surface area contributed by atoms with Crippen molar-refractivity contribution in [3.63, 3.8) is 0 Å². The first kappa shape index (κ1) is 9.37. The van der Waals surface area contributed by atoms with Crippen LogP contribution in [0, 0.1) is 6.92 Å². The number of aliphatic hydroxyl groups excluding tert-OH is 1. The zero-order chi connectivity index (χ0) is 9.97. The van der Waals surface area contributed by atoms with Crippen LogP contribution >= 0.6 is 0 Å². The molecule has 74 valence electrons. The highest BCUT2D eigenvalue weighted by Gasteiger charge is 2.11. The smallest absolute Gasteiger partial charge is 0.0851 e. The molecule has 3 nitrogen and oxygen atoms in total. The summed E-state index contributed by atoms with van der Waals surface area (Å²) in [6.07, 6.45) is 5.18. The van der Waals surface area contributed by atoms with Gasteiger partial charge in [-0.1, -0.05) is 0 Å². The van der Waals surface area contributed by atoms with E-state index >= 15 is 0 Å². The average Bonchev–Trinajstić information content (AvgIpc) is 2.18. The molecule has 0 aliphatic carbocycles. The molecule has 0 radical (unpaired) electrons. The van der Waals surface area contributed by atoms with Crippen LogP contribution in [0.5, 0.6) is 0 Å². The van der Waals surface area contributed by atoms with Crippen molar-refractivity contribution < 1.29 is 5.11 Å². The fraction of sp³-hybridized carbons (Fsp3) is 0.364. The van der Waals surface area contributed by atoms with E-state index in [1.165, 1.54) is 0 Å². The van der Waals surface area contributed by atoms with E-state index < -0.39 is 0 Å². The molecule has 1 aliphatic rings. The van der Waals surface area contributed by atoms with Crippen molar-refractivity contribution in [1.29, 1.82) is 0 Å². The number of aryl methyl sites for hydroxylation is 1. The minimum Gasteiger partial charge on any atom is -0.388 e. The maximum Gasteiger partial charge on any atom is 0.0851 e. The van der Waals surface area contributed by atoms with Crippen LogP contribution in [0.1, 0.15) is 11.1 Å². The molecule has 0 spiro atoms.